The standard InChI is InChI=1S/C34H39F3N4O2/c1-7-21(3)23(5)15-31-24(8-2)18-30(33(43)40(31)6)29-20-27(10-9-22(29)4)39-32(42)25-16-26(34(35,36)37)19-28(17-25)41-13-11-38-12-14-41/h8-10,15-20,38H,7,11-14H2,1-6H3,(H,39,42)/b23-21+,24-8-,31-15+. The Morgan fingerprint density at radius 3 is 2.37 bits per heavy atom. The lowest BCUT2D eigenvalue weighted by Gasteiger charge is -2.30. The van der Waals surface area contributed by atoms with Crippen molar-refractivity contribution in [1.82, 2.24) is 9.88 Å². The number of aromatic nitrogens is 1. The number of pyridine rings is 1. The summed E-state index contributed by atoms with van der Waals surface area (Å²) in [5.74, 6) is -0.661. The zero-order chi connectivity index (χ0) is 31.5. The molecular formula is C34H39F3N4O2. The topological polar surface area (TPSA) is 66.4 Å². The van der Waals surface area contributed by atoms with Crippen molar-refractivity contribution in [2.75, 3.05) is 36.4 Å². The van der Waals surface area contributed by atoms with E-state index in [0.29, 0.717) is 48.7 Å². The predicted molar refractivity (Wildman–Crippen MR) is 169 cm³/mol. The van der Waals surface area contributed by atoms with Crippen molar-refractivity contribution in [2.24, 2.45) is 7.05 Å². The van der Waals surface area contributed by atoms with Gasteiger partial charge in [0.1, 0.15) is 0 Å². The SMILES string of the molecule is C/C=c1/cc(-c2cc(NC(=O)c3cc(N4CCNCC4)cc(C(F)(F)F)c3)ccc2C)c(=O)n(C)/c1=C/C(C)=C(\C)CC. The molecule has 1 fully saturated rings. The van der Waals surface area contributed by atoms with Crippen LogP contribution in [0.4, 0.5) is 24.5 Å². The summed E-state index contributed by atoms with van der Waals surface area (Å²) in [5.41, 5.74) is 3.85. The predicted octanol–water partition coefficient (Wildman–Crippen LogP) is 5.37. The summed E-state index contributed by atoms with van der Waals surface area (Å²) in [6.07, 6.45) is 0.284. The van der Waals surface area contributed by atoms with E-state index < -0.39 is 17.6 Å². The average molecular weight is 593 g/mol. The van der Waals surface area contributed by atoms with Crippen LogP contribution in [0.1, 0.15) is 55.6 Å². The first-order valence-corrected chi connectivity index (χ1v) is 14.5. The highest BCUT2D eigenvalue weighted by atomic mass is 19.4. The monoisotopic (exact) mass is 592 g/mol. The number of hydrogen-bond donors (Lipinski definition) is 2. The molecular weight excluding hydrogens is 553 g/mol. The summed E-state index contributed by atoms with van der Waals surface area (Å²) in [7, 11) is 1.74. The minimum absolute atomic E-state index is 0.0880. The van der Waals surface area contributed by atoms with Crippen LogP contribution in [-0.2, 0) is 13.2 Å². The number of alkyl halides is 3. The van der Waals surface area contributed by atoms with Gasteiger partial charge in [0, 0.05) is 55.7 Å². The van der Waals surface area contributed by atoms with Crippen molar-refractivity contribution in [3.8, 4) is 11.1 Å². The summed E-state index contributed by atoms with van der Waals surface area (Å²) in [4.78, 5) is 28.8. The van der Waals surface area contributed by atoms with Crippen LogP contribution in [-0.4, -0.2) is 36.7 Å². The third-order valence-electron chi connectivity index (χ3n) is 8.13. The molecule has 0 atom stereocenters. The highest BCUT2D eigenvalue weighted by molar-refractivity contribution is 6.05. The Kier molecular flexibility index (Phi) is 9.65. The van der Waals surface area contributed by atoms with Crippen molar-refractivity contribution in [2.45, 2.75) is 47.2 Å². The van der Waals surface area contributed by atoms with Gasteiger partial charge in [0.2, 0.25) is 0 Å². The third-order valence-corrected chi connectivity index (χ3v) is 8.13. The Hall–Kier alpha value is -4.11. The van der Waals surface area contributed by atoms with Gasteiger partial charge in [0.25, 0.3) is 11.5 Å². The lowest BCUT2D eigenvalue weighted by Crippen LogP contribution is -2.43. The van der Waals surface area contributed by atoms with E-state index in [4.69, 9.17) is 0 Å². The molecule has 2 heterocycles. The van der Waals surface area contributed by atoms with Crippen LogP contribution >= 0.6 is 0 Å². The van der Waals surface area contributed by atoms with Gasteiger partial charge >= 0.3 is 6.18 Å². The molecule has 2 aromatic carbocycles. The number of halogens is 3. The van der Waals surface area contributed by atoms with Crippen LogP contribution in [0.2, 0.25) is 0 Å². The van der Waals surface area contributed by atoms with Crippen molar-refractivity contribution in [3.63, 3.8) is 0 Å². The van der Waals surface area contributed by atoms with Gasteiger partial charge in [-0.25, -0.2) is 0 Å². The number of carbonyl (C=O) groups excluding carboxylic acids is 1. The molecule has 0 unspecified atom stereocenters. The molecule has 0 bridgehead atoms. The summed E-state index contributed by atoms with van der Waals surface area (Å²) in [6.45, 7) is 12.4. The highest BCUT2D eigenvalue weighted by Crippen LogP contribution is 2.33. The Bertz CT molecular complexity index is 1750. The maximum absolute atomic E-state index is 13.8. The summed E-state index contributed by atoms with van der Waals surface area (Å²) in [5, 5.41) is 7.63. The van der Waals surface area contributed by atoms with Gasteiger partial charge in [-0.05, 0) is 92.9 Å². The van der Waals surface area contributed by atoms with E-state index in [0.717, 1.165) is 40.3 Å². The number of anilines is 2. The number of rotatable bonds is 6. The molecule has 43 heavy (non-hydrogen) atoms. The maximum Gasteiger partial charge on any atom is 0.416 e. The van der Waals surface area contributed by atoms with Crippen molar-refractivity contribution in [3.05, 3.63) is 91.2 Å². The number of piperazine rings is 1. The number of allylic oxidation sites excluding steroid dienone is 2. The summed E-state index contributed by atoms with van der Waals surface area (Å²) in [6, 6.07) is 10.5. The minimum atomic E-state index is -4.60. The molecule has 0 saturated carbocycles. The van der Waals surface area contributed by atoms with E-state index in [1.807, 2.05) is 43.9 Å². The Morgan fingerprint density at radius 1 is 1.05 bits per heavy atom. The van der Waals surface area contributed by atoms with Crippen LogP contribution in [0.5, 0.6) is 0 Å². The second-order valence-electron chi connectivity index (χ2n) is 11.0. The molecule has 0 radical (unpaired) electrons. The van der Waals surface area contributed by atoms with E-state index in [-0.39, 0.29) is 11.1 Å². The molecule has 0 aliphatic carbocycles. The van der Waals surface area contributed by atoms with Crippen molar-refractivity contribution in [1.29, 1.82) is 0 Å². The Labute approximate surface area is 250 Å². The fourth-order valence-electron chi connectivity index (χ4n) is 5.19. The molecule has 1 aliphatic heterocycles. The number of nitrogens with one attached hydrogen (secondary N) is 2. The molecule has 1 saturated heterocycles. The molecule has 0 spiro atoms. The molecule has 1 aliphatic rings. The minimum Gasteiger partial charge on any atom is -0.369 e. The van der Waals surface area contributed by atoms with Crippen molar-refractivity contribution >= 4 is 29.4 Å². The number of nitrogens with zero attached hydrogens (tertiary/aromatic N) is 2. The molecule has 228 valence electrons. The number of aryl methyl sites for hydroxylation is 1. The fourth-order valence-corrected chi connectivity index (χ4v) is 5.19. The second kappa shape index (κ2) is 13.0. The number of carbonyl (C=O) groups is 1. The van der Waals surface area contributed by atoms with E-state index in [1.54, 1.807) is 29.8 Å². The molecule has 4 rings (SSSR count). The van der Waals surface area contributed by atoms with Gasteiger partial charge in [-0.3, -0.25) is 9.59 Å². The van der Waals surface area contributed by atoms with Crippen LogP contribution in [0.15, 0.2) is 58.4 Å². The number of benzene rings is 2. The fraction of sp³-hybridized carbons (Fsp3) is 0.353. The van der Waals surface area contributed by atoms with Crippen LogP contribution < -0.4 is 31.7 Å². The number of amides is 1. The van der Waals surface area contributed by atoms with Gasteiger partial charge < -0.3 is 20.1 Å². The van der Waals surface area contributed by atoms with E-state index in [9.17, 15) is 22.8 Å². The molecule has 3 aromatic rings. The number of hydrogen-bond acceptors (Lipinski definition) is 4. The van der Waals surface area contributed by atoms with Crippen molar-refractivity contribution < 1.29 is 18.0 Å². The first-order valence-electron chi connectivity index (χ1n) is 14.5. The van der Waals surface area contributed by atoms with Gasteiger partial charge in [-0.2, -0.15) is 13.2 Å². The second-order valence-corrected chi connectivity index (χ2v) is 11.0. The normalized spacial score (nSPS) is 15.5. The third kappa shape index (κ3) is 7.10. The lowest BCUT2D eigenvalue weighted by molar-refractivity contribution is -0.137. The van der Waals surface area contributed by atoms with E-state index in [2.05, 4.69) is 24.5 Å². The first-order chi connectivity index (χ1) is 20.3. The Morgan fingerprint density at radius 2 is 1.74 bits per heavy atom. The smallest absolute Gasteiger partial charge is 0.369 e. The van der Waals surface area contributed by atoms with Crippen LogP contribution in [0.3, 0.4) is 0 Å². The zero-order valence-electron chi connectivity index (χ0n) is 25.6. The lowest BCUT2D eigenvalue weighted by atomic mass is 9.99. The molecule has 9 heteroatoms. The summed E-state index contributed by atoms with van der Waals surface area (Å²) < 4.78 is 43.0. The molecule has 1 aromatic heterocycles. The Balaban J connectivity index is 1.75. The van der Waals surface area contributed by atoms with E-state index >= 15 is 0 Å². The largest absolute Gasteiger partial charge is 0.416 e. The summed E-state index contributed by atoms with van der Waals surface area (Å²) >= 11 is 0. The van der Waals surface area contributed by atoms with Gasteiger partial charge in [0.15, 0.2) is 0 Å². The highest BCUT2D eigenvalue weighted by Gasteiger charge is 2.32. The van der Waals surface area contributed by atoms with Gasteiger partial charge in [-0.15, -0.1) is 0 Å². The van der Waals surface area contributed by atoms with E-state index in [1.165, 1.54) is 11.6 Å². The molecule has 1 amide bonds. The van der Waals surface area contributed by atoms with Gasteiger partial charge in [-0.1, -0.05) is 30.2 Å². The first kappa shape index (κ1) is 31.8. The quantitative estimate of drug-likeness (QED) is 0.404. The average Bonchev–Trinajstić information content (AvgIpc) is 3.00. The maximum atomic E-state index is 13.8. The zero-order valence-corrected chi connectivity index (χ0v) is 25.6. The molecule has 6 nitrogen and oxygen atoms in total. The molecule has 2 N–H and O–H groups in total. The van der Waals surface area contributed by atoms with Gasteiger partial charge in [0.05, 0.1) is 10.9 Å². The van der Waals surface area contributed by atoms with Crippen LogP contribution in [0, 0.1) is 6.92 Å². The van der Waals surface area contributed by atoms with Crippen LogP contribution in [0.25, 0.3) is 23.3 Å².